The van der Waals surface area contributed by atoms with Gasteiger partial charge in [0.15, 0.2) is 0 Å². The second-order valence-corrected chi connectivity index (χ2v) is 14.6. The Balaban J connectivity index is 1.14. The number of nitrogens with zero attached hydrogens (tertiary/aromatic N) is 2. The lowest BCUT2D eigenvalue weighted by molar-refractivity contribution is 0.669. The Kier molecular flexibility index (Phi) is 6.73. The number of rotatable bonds is 5. The van der Waals surface area contributed by atoms with Gasteiger partial charge in [0, 0.05) is 39.5 Å². The summed E-state index contributed by atoms with van der Waals surface area (Å²) in [6, 6.07) is 65.1. The highest BCUT2D eigenvalue weighted by atomic mass is 32.1. The van der Waals surface area contributed by atoms with Gasteiger partial charge in [-0.25, -0.2) is 4.98 Å². The fourth-order valence-corrected chi connectivity index (χ4v) is 9.07. The Hall–Kier alpha value is -6.75. The molecule has 0 unspecified atom stereocenters. The van der Waals surface area contributed by atoms with Crippen molar-refractivity contribution >= 4 is 92.9 Å². The van der Waals surface area contributed by atoms with Crippen LogP contribution in [0.5, 0.6) is 0 Å². The van der Waals surface area contributed by atoms with Gasteiger partial charge in [-0.1, -0.05) is 127 Å². The van der Waals surface area contributed by atoms with Crippen LogP contribution in [0.25, 0.3) is 86.2 Å². The minimum absolute atomic E-state index is 0.848. The molecule has 0 bridgehead atoms. The van der Waals surface area contributed by atoms with E-state index in [9.17, 15) is 0 Å². The Labute approximate surface area is 309 Å². The van der Waals surface area contributed by atoms with Gasteiger partial charge in [-0.3, -0.25) is 0 Å². The number of hydrogen-bond acceptors (Lipinski definition) is 4. The number of hydrogen-bond donors (Lipinski definition) is 0. The summed E-state index contributed by atoms with van der Waals surface area (Å²) in [4.78, 5) is 7.39. The van der Waals surface area contributed by atoms with Crippen molar-refractivity contribution in [3.8, 4) is 21.7 Å². The van der Waals surface area contributed by atoms with E-state index in [2.05, 4.69) is 181 Å². The molecule has 4 heteroatoms. The van der Waals surface area contributed by atoms with Gasteiger partial charge in [0.25, 0.3) is 0 Å². The number of benzene rings is 9. The number of aromatic nitrogens is 1. The van der Waals surface area contributed by atoms with Crippen LogP contribution in [-0.4, -0.2) is 4.98 Å². The van der Waals surface area contributed by atoms with Crippen molar-refractivity contribution in [2.45, 2.75) is 0 Å². The lowest BCUT2D eigenvalue weighted by atomic mass is 9.96. The molecular formula is C49H30N2OS. The van der Waals surface area contributed by atoms with E-state index < -0.39 is 0 Å². The summed E-state index contributed by atoms with van der Waals surface area (Å²) >= 11 is 1.72. The summed E-state index contributed by atoms with van der Waals surface area (Å²) in [5.74, 6) is 0. The van der Waals surface area contributed by atoms with Crippen molar-refractivity contribution in [3.05, 3.63) is 182 Å². The zero-order valence-corrected chi connectivity index (χ0v) is 29.3. The topological polar surface area (TPSA) is 29.3 Å². The molecule has 2 heterocycles. The van der Waals surface area contributed by atoms with Crippen LogP contribution >= 0.6 is 11.3 Å². The number of fused-ring (bicyclic) bond motifs is 9. The van der Waals surface area contributed by atoms with E-state index in [-0.39, 0.29) is 0 Å². The van der Waals surface area contributed by atoms with Crippen LogP contribution in [0.4, 0.5) is 17.1 Å². The maximum absolute atomic E-state index is 6.67. The Morgan fingerprint density at radius 2 is 1.06 bits per heavy atom. The molecular weight excluding hydrogens is 665 g/mol. The molecule has 0 saturated heterocycles. The second kappa shape index (κ2) is 11.9. The van der Waals surface area contributed by atoms with Crippen LogP contribution in [0.15, 0.2) is 186 Å². The van der Waals surface area contributed by atoms with Gasteiger partial charge >= 0.3 is 0 Å². The zero-order valence-electron chi connectivity index (χ0n) is 28.5. The largest absolute Gasteiger partial charge is 0.456 e. The highest BCUT2D eigenvalue weighted by molar-refractivity contribution is 7.22. The standard InChI is InChI=1S/C49H30N2OS/c1-3-11-31(12-4-1)43-29-38(28-34-16-8-10-18-40(34)43)51(36-21-23-41-35(27-36)20-19-32-13-7-9-17-39(32)41)37-22-24-42-46(30-37)52-45-26-25-44-48(47(42)45)53-49(50-44)33-14-5-2-6-15-33/h1-30H. The Bertz CT molecular complexity index is 3180. The minimum atomic E-state index is 0.848. The second-order valence-electron chi connectivity index (χ2n) is 13.6. The van der Waals surface area contributed by atoms with Crippen LogP contribution in [0.3, 0.4) is 0 Å². The summed E-state index contributed by atoms with van der Waals surface area (Å²) in [6.45, 7) is 0. The molecule has 0 spiro atoms. The lowest BCUT2D eigenvalue weighted by Crippen LogP contribution is -2.10. The van der Waals surface area contributed by atoms with Gasteiger partial charge in [-0.15, -0.1) is 11.3 Å². The highest BCUT2D eigenvalue weighted by Crippen LogP contribution is 2.45. The number of anilines is 3. The first-order chi connectivity index (χ1) is 26.2. The third-order valence-corrected chi connectivity index (χ3v) is 11.6. The van der Waals surface area contributed by atoms with E-state index in [1.54, 1.807) is 11.3 Å². The Morgan fingerprint density at radius 1 is 0.434 bits per heavy atom. The molecule has 0 aliphatic heterocycles. The average Bonchev–Trinajstić information content (AvgIpc) is 3.83. The maximum Gasteiger partial charge on any atom is 0.137 e. The number of thiazole rings is 1. The van der Waals surface area contributed by atoms with E-state index in [0.29, 0.717) is 0 Å². The molecule has 0 aliphatic carbocycles. The fraction of sp³-hybridized carbons (Fsp3) is 0. The summed E-state index contributed by atoms with van der Waals surface area (Å²) in [5.41, 5.74) is 9.40. The summed E-state index contributed by atoms with van der Waals surface area (Å²) in [6.07, 6.45) is 0. The normalized spacial score (nSPS) is 11.8. The molecule has 9 aromatic carbocycles. The van der Waals surface area contributed by atoms with E-state index in [1.807, 2.05) is 6.07 Å². The van der Waals surface area contributed by atoms with Gasteiger partial charge in [0.05, 0.1) is 10.2 Å². The van der Waals surface area contributed by atoms with Gasteiger partial charge in [-0.2, -0.15) is 0 Å². The molecule has 3 nitrogen and oxygen atoms in total. The minimum Gasteiger partial charge on any atom is -0.456 e. The molecule has 0 saturated carbocycles. The van der Waals surface area contributed by atoms with E-state index in [1.165, 1.54) is 43.4 Å². The van der Waals surface area contributed by atoms with Crippen LogP contribution in [0.2, 0.25) is 0 Å². The van der Waals surface area contributed by atoms with Crippen LogP contribution in [-0.2, 0) is 0 Å². The van der Waals surface area contributed by atoms with Crippen molar-refractivity contribution < 1.29 is 4.42 Å². The maximum atomic E-state index is 6.67. The fourth-order valence-electron chi connectivity index (χ4n) is 7.94. The molecule has 0 amide bonds. The molecule has 248 valence electrons. The predicted molar refractivity (Wildman–Crippen MR) is 225 cm³/mol. The average molecular weight is 695 g/mol. The molecule has 2 aromatic heterocycles. The summed E-state index contributed by atoms with van der Waals surface area (Å²) < 4.78 is 7.82. The van der Waals surface area contributed by atoms with Crippen molar-refractivity contribution in [3.63, 3.8) is 0 Å². The summed E-state index contributed by atoms with van der Waals surface area (Å²) in [7, 11) is 0. The third kappa shape index (κ3) is 4.91. The molecule has 0 aliphatic rings. The van der Waals surface area contributed by atoms with Crippen LogP contribution in [0.1, 0.15) is 0 Å². The van der Waals surface area contributed by atoms with Crippen molar-refractivity contribution in [1.82, 2.24) is 4.98 Å². The lowest BCUT2D eigenvalue weighted by Gasteiger charge is -2.27. The van der Waals surface area contributed by atoms with Crippen molar-refractivity contribution in [1.29, 1.82) is 0 Å². The molecule has 53 heavy (non-hydrogen) atoms. The third-order valence-electron chi connectivity index (χ3n) is 10.4. The SMILES string of the molecule is c1ccc(-c2nc3ccc4oc5cc(N(c6cc(-c7ccccc7)c7ccccc7c6)c6ccc7c(ccc8ccccc87)c6)ccc5c4c3s2)cc1. The highest BCUT2D eigenvalue weighted by Gasteiger charge is 2.20. The van der Waals surface area contributed by atoms with Gasteiger partial charge in [0.2, 0.25) is 0 Å². The smallest absolute Gasteiger partial charge is 0.137 e. The molecule has 0 N–H and O–H groups in total. The molecule has 11 rings (SSSR count). The zero-order chi connectivity index (χ0) is 34.9. The quantitative estimate of drug-likeness (QED) is 0.168. The van der Waals surface area contributed by atoms with Crippen molar-refractivity contribution in [2.75, 3.05) is 4.90 Å². The van der Waals surface area contributed by atoms with E-state index in [0.717, 1.165) is 59.8 Å². The van der Waals surface area contributed by atoms with Gasteiger partial charge < -0.3 is 9.32 Å². The molecule has 0 atom stereocenters. The van der Waals surface area contributed by atoms with Gasteiger partial charge in [-0.05, 0) is 92.0 Å². The van der Waals surface area contributed by atoms with Crippen LogP contribution < -0.4 is 4.90 Å². The molecule has 11 aromatic rings. The molecule has 0 radical (unpaired) electrons. The molecule has 0 fully saturated rings. The number of furan rings is 1. The van der Waals surface area contributed by atoms with Crippen molar-refractivity contribution in [2.24, 2.45) is 0 Å². The van der Waals surface area contributed by atoms with E-state index >= 15 is 0 Å². The first-order valence-corrected chi connectivity index (χ1v) is 18.7. The first-order valence-electron chi connectivity index (χ1n) is 17.9. The van der Waals surface area contributed by atoms with E-state index in [4.69, 9.17) is 9.40 Å². The Morgan fingerprint density at radius 3 is 1.89 bits per heavy atom. The monoisotopic (exact) mass is 694 g/mol. The predicted octanol–water partition coefficient (Wildman–Crippen LogP) is 14.5. The van der Waals surface area contributed by atoms with Gasteiger partial charge in [0.1, 0.15) is 16.2 Å². The van der Waals surface area contributed by atoms with Crippen LogP contribution in [0, 0.1) is 0 Å². The summed E-state index contributed by atoms with van der Waals surface area (Å²) in [5, 5.41) is 10.6. The first kappa shape index (κ1) is 29.9.